The van der Waals surface area contributed by atoms with Gasteiger partial charge in [-0.1, -0.05) is 66.7 Å². The Hall–Kier alpha value is -2.36. The highest BCUT2D eigenvalue weighted by Gasteiger charge is 2.51. The summed E-state index contributed by atoms with van der Waals surface area (Å²) in [5, 5.41) is 0. The van der Waals surface area contributed by atoms with Gasteiger partial charge in [0.05, 0.1) is 11.2 Å². The molecule has 0 atom stereocenters. The van der Waals surface area contributed by atoms with Crippen LogP contribution in [0.15, 0.2) is 72.8 Å². The maximum atomic E-state index is 6.25. The molecule has 1 aliphatic rings. The van der Waals surface area contributed by atoms with Gasteiger partial charge in [-0.25, -0.2) is 0 Å². The first kappa shape index (κ1) is 19.0. The fourth-order valence-electron chi connectivity index (χ4n) is 3.57. The van der Waals surface area contributed by atoms with Crippen molar-refractivity contribution in [2.75, 3.05) is 0 Å². The maximum Gasteiger partial charge on any atom is 0.494 e. The van der Waals surface area contributed by atoms with Gasteiger partial charge in [0.25, 0.3) is 0 Å². The van der Waals surface area contributed by atoms with Gasteiger partial charge in [-0.2, -0.15) is 0 Å². The minimum Gasteiger partial charge on any atom is -0.399 e. The van der Waals surface area contributed by atoms with Crippen molar-refractivity contribution in [3.8, 4) is 22.3 Å². The molecule has 4 rings (SSSR count). The van der Waals surface area contributed by atoms with Crippen molar-refractivity contribution in [2.45, 2.75) is 45.8 Å². The van der Waals surface area contributed by atoms with Crippen LogP contribution in [0.5, 0.6) is 0 Å². The predicted molar refractivity (Wildman–Crippen MR) is 118 cm³/mol. The third-order valence-electron chi connectivity index (χ3n) is 6.07. The van der Waals surface area contributed by atoms with Crippen molar-refractivity contribution < 1.29 is 9.31 Å². The molecule has 0 radical (unpaired) electrons. The molecule has 0 unspecified atom stereocenters. The van der Waals surface area contributed by atoms with Crippen LogP contribution in [-0.2, 0) is 9.31 Å². The Morgan fingerprint density at radius 3 is 1.93 bits per heavy atom. The quantitative estimate of drug-likeness (QED) is 0.557. The topological polar surface area (TPSA) is 18.5 Å². The van der Waals surface area contributed by atoms with Gasteiger partial charge in [0.2, 0.25) is 0 Å². The fraction of sp³-hybridized carbons (Fsp3) is 0.280. The molecule has 0 bridgehead atoms. The number of hydrogen-bond donors (Lipinski definition) is 0. The number of benzene rings is 3. The lowest BCUT2D eigenvalue weighted by Gasteiger charge is -2.32. The molecular weight excluding hydrogens is 343 g/mol. The van der Waals surface area contributed by atoms with Gasteiger partial charge >= 0.3 is 7.12 Å². The van der Waals surface area contributed by atoms with Crippen LogP contribution in [0, 0.1) is 6.92 Å². The Balaban J connectivity index is 1.71. The Labute approximate surface area is 168 Å². The van der Waals surface area contributed by atoms with E-state index in [-0.39, 0.29) is 18.3 Å². The highest BCUT2D eigenvalue weighted by Crippen LogP contribution is 2.37. The molecule has 0 aromatic heterocycles. The molecule has 0 aliphatic carbocycles. The van der Waals surface area contributed by atoms with Crippen LogP contribution >= 0.6 is 0 Å². The van der Waals surface area contributed by atoms with Crippen molar-refractivity contribution in [1.29, 1.82) is 0 Å². The summed E-state index contributed by atoms with van der Waals surface area (Å²) >= 11 is 0. The molecule has 1 fully saturated rings. The molecule has 0 amide bonds. The third kappa shape index (κ3) is 3.41. The van der Waals surface area contributed by atoms with E-state index in [1.54, 1.807) is 0 Å². The zero-order chi connectivity index (χ0) is 19.9. The number of aryl methyl sites for hydroxylation is 1. The lowest BCUT2D eigenvalue weighted by molar-refractivity contribution is 0.00578. The molecule has 1 aliphatic heterocycles. The first-order valence-electron chi connectivity index (χ1n) is 9.89. The SMILES string of the molecule is Cc1ccc(B2OC(C)(C)C(C)(C)O2)cc1-c1cccc(-c2ccccc2)c1. The highest BCUT2D eigenvalue weighted by molar-refractivity contribution is 6.62. The van der Waals surface area contributed by atoms with E-state index < -0.39 is 0 Å². The number of hydrogen-bond acceptors (Lipinski definition) is 2. The lowest BCUT2D eigenvalue weighted by Crippen LogP contribution is -2.41. The smallest absolute Gasteiger partial charge is 0.399 e. The van der Waals surface area contributed by atoms with E-state index in [2.05, 4.69) is 101 Å². The summed E-state index contributed by atoms with van der Waals surface area (Å²) in [5.74, 6) is 0. The second-order valence-corrected chi connectivity index (χ2v) is 8.61. The first-order valence-corrected chi connectivity index (χ1v) is 9.89. The second kappa shape index (κ2) is 6.91. The molecule has 3 heteroatoms. The third-order valence-corrected chi connectivity index (χ3v) is 6.07. The van der Waals surface area contributed by atoms with Crippen molar-refractivity contribution in [3.05, 3.63) is 78.4 Å². The second-order valence-electron chi connectivity index (χ2n) is 8.61. The first-order chi connectivity index (χ1) is 13.3. The average Bonchev–Trinajstić information content (AvgIpc) is 2.90. The molecule has 3 aromatic carbocycles. The van der Waals surface area contributed by atoms with Gasteiger partial charge < -0.3 is 9.31 Å². The molecule has 0 spiro atoms. The Morgan fingerprint density at radius 2 is 1.25 bits per heavy atom. The van der Waals surface area contributed by atoms with Crippen molar-refractivity contribution in [3.63, 3.8) is 0 Å². The standard InChI is InChI=1S/C25H27BO2/c1-18-14-15-22(26-27-24(2,3)25(4,5)28-26)17-23(18)21-13-9-12-20(16-21)19-10-7-6-8-11-19/h6-17H,1-5H3. The lowest BCUT2D eigenvalue weighted by atomic mass is 9.77. The zero-order valence-electron chi connectivity index (χ0n) is 17.3. The van der Waals surface area contributed by atoms with Gasteiger partial charge in [-0.05, 0) is 74.0 Å². The minimum atomic E-state index is -0.346. The van der Waals surface area contributed by atoms with E-state index in [1.165, 1.54) is 27.8 Å². The molecule has 1 heterocycles. The van der Waals surface area contributed by atoms with Crippen LogP contribution in [-0.4, -0.2) is 18.3 Å². The molecule has 3 aromatic rings. The molecule has 0 N–H and O–H groups in total. The average molecular weight is 370 g/mol. The van der Waals surface area contributed by atoms with Crippen LogP contribution < -0.4 is 5.46 Å². The van der Waals surface area contributed by atoms with Crippen LogP contribution in [0.1, 0.15) is 33.3 Å². The monoisotopic (exact) mass is 370 g/mol. The van der Waals surface area contributed by atoms with Crippen molar-refractivity contribution in [2.24, 2.45) is 0 Å². The summed E-state index contributed by atoms with van der Waals surface area (Å²) in [5.41, 5.74) is 6.49. The summed E-state index contributed by atoms with van der Waals surface area (Å²) in [4.78, 5) is 0. The summed E-state index contributed by atoms with van der Waals surface area (Å²) in [6, 6.07) is 25.7. The van der Waals surface area contributed by atoms with Crippen LogP contribution in [0.2, 0.25) is 0 Å². The summed E-state index contributed by atoms with van der Waals surface area (Å²) < 4.78 is 12.5. The maximum absolute atomic E-state index is 6.25. The summed E-state index contributed by atoms with van der Waals surface area (Å²) in [6.45, 7) is 10.5. The number of rotatable bonds is 3. The summed E-state index contributed by atoms with van der Waals surface area (Å²) in [7, 11) is -0.346. The van der Waals surface area contributed by atoms with Gasteiger partial charge in [-0.15, -0.1) is 0 Å². The molecule has 142 valence electrons. The Morgan fingerprint density at radius 1 is 0.643 bits per heavy atom. The highest BCUT2D eigenvalue weighted by atomic mass is 16.7. The van der Waals surface area contributed by atoms with E-state index in [1.807, 2.05) is 6.07 Å². The van der Waals surface area contributed by atoms with Gasteiger partial charge in [0.15, 0.2) is 0 Å². The molecule has 0 saturated carbocycles. The van der Waals surface area contributed by atoms with Crippen LogP contribution in [0.3, 0.4) is 0 Å². The van der Waals surface area contributed by atoms with E-state index in [0.29, 0.717) is 0 Å². The Kier molecular flexibility index (Phi) is 4.69. The van der Waals surface area contributed by atoms with E-state index in [9.17, 15) is 0 Å². The van der Waals surface area contributed by atoms with E-state index in [0.717, 1.165) is 5.46 Å². The molecule has 2 nitrogen and oxygen atoms in total. The Bertz CT molecular complexity index is 976. The van der Waals surface area contributed by atoms with Crippen LogP contribution in [0.25, 0.3) is 22.3 Å². The summed E-state index contributed by atoms with van der Waals surface area (Å²) in [6.07, 6.45) is 0. The largest absolute Gasteiger partial charge is 0.494 e. The minimum absolute atomic E-state index is 0.337. The molecule has 1 saturated heterocycles. The van der Waals surface area contributed by atoms with Crippen LogP contribution in [0.4, 0.5) is 0 Å². The van der Waals surface area contributed by atoms with Gasteiger partial charge in [0, 0.05) is 0 Å². The van der Waals surface area contributed by atoms with Gasteiger partial charge in [-0.3, -0.25) is 0 Å². The fourth-order valence-corrected chi connectivity index (χ4v) is 3.57. The van der Waals surface area contributed by atoms with Gasteiger partial charge in [0.1, 0.15) is 0 Å². The predicted octanol–water partition coefficient (Wildman–Crippen LogP) is 5.63. The van der Waals surface area contributed by atoms with Crippen molar-refractivity contribution >= 4 is 12.6 Å². The normalized spacial score (nSPS) is 17.7. The van der Waals surface area contributed by atoms with E-state index in [4.69, 9.17) is 9.31 Å². The molecular formula is C25H27BO2. The zero-order valence-corrected chi connectivity index (χ0v) is 17.3. The molecule has 28 heavy (non-hydrogen) atoms. The van der Waals surface area contributed by atoms with E-state index >= 15 is 0 Å². The van der Waals surface area contributed by atoms with Crippen molar-refractivity contribution in [1.82, 2.24) is 0 Å².